The van der Waals surface area contributed by atoms with Crippen LogP contribution in [0.3, 0.4) is 0 Å². The summed E-state index contributed by atoms with van der Waals surface area (Å²) in [5.41, 5.74) is 1.61. The average molecular weight is 372 g/mol. The summed E-state index contributed by atoms with van der Waals surface area (Å²) in [5.74, 6) is -1.82. The van der Waals surface area contributed by atoms with E-state index in [1.54, 1.807) is 6.07 Å². The highest BCUT2D eigenvalue weighted by molar-refractivity contribution is 6.06. The van der Waals surface area contributed by atoms with Gasteiger partial charge in [0.2, 0.25) is 11.8 Å². The number of piperidine rings is 1. The number of nitrogens with one attached hydrogen (secondary N) is 2. The quantitative estimate of drug-likeness (QED) is 0.740. The molecule has 3 amide bonds. The molecular formula is C19H21FN4O3. The summed E-state index contributed by atoms with van der Waals surface area (Å²) in [7, 11) is 0. The fourth-order valence-electron chi connectivity index (χ4n) is 4.91. The highest BCUT2D eigenvalue weighted by Gasteiger charge is 2.42. The van der Waals surface area contributed by atoms with Crippen molar-refractivity contribution in [3.05, 3.63) is 29.1 Å². The molecule has 0 spiro atoms. The van der Waals surface area contributed by atoms with E-state index >= 15 is 0 Å². The Morgan fingerprint density at radius 1 is 1.04 bits per heavy atom. The van der Waals surface area contributed by atoms with Crippen molar-refractivity contribution in [1.82, 2.24) is 15.5 Å². The summed E-state index contributed by atoms with van der Waals surface area (Å²) >= 11 is 0. The molecule has 0 saturated carbocycles. The van der Waals surface area contributed by atoms with E-state index < -0.39 is 23.7 Å². The fourth-order valence-corrected chi connectivity index (χ4v) is 4.91. The number of benzene rings is 1. The van der Waals surface area contributed by atoms with Gasteiger partial charge in [-0.2, -0.15) is 0 Å². The Bertz CT molecular complexity index is 846. The van der Waals surface area contributed by atoms with Crippen molar-refractivity contribution >= 4 is 23.4 Å². The molecule has 4 aliphatic heterocycles. The SMILES string of the molecule is O=C1CCC(N2Cc3c(N4C[C@H]5CC[C@@H](C4)N5)ccc(F)c3C2=O)C(=O)N1. The molecule has 3 atom stereocenters. The third kappa shape index (κ3) is 2.62. The number of hydrogen-bond acceptors (Lipinski definition) is 5. The van der Waals surface area contributed by atoms with Gasteiger partial charge in [0, 0.05) is 49.4 Å². The lowest BCUT2D eigenvalue weighted by atomic mass is 10.0. The maximum Gasteiger partial charge on any atom is 0.258 e. The predicted molar refractivity (Wildman–Crippen MR) is 94.6 cm³/mol. The maximum atomic E-state index is 14.5. The zero-order chi connectivity index (χ0) is 18.7. The smallest absolute Gasteiger partial charge is 0.258 e. The first-order valence-electron chi connectivity index (χ1n) is 9.48. The Morgan fingerprint density at radius 3 is 2.48 bits per heavy atom. The van der Waals surface area contributed by atoms with Crippen molar-refractivity contribution in [3.8, 4) is 0 Å². The molecule has 1 aromatic carbocycles. The molecule has 4 aliphatic rings. The summed E-state index contributed by atoms with van der Waals surface area (Å²) in [6.07, 6.45) is 2.73. The molecule has 2 bridgehead atoms. The average Bonchev–Trinajstić information content (AvgIpc) is 3.15. The molecule has 7 nitrogen and oxygen atoms in total. The van der Waals surface area contributed by atoms with Crippen LogP contribution in [-0.4, -0.2) is 53.8 Å². The Morgan fingerprint density at radius 2 is 1.78 bits per heavy atom. The maximum absolute atomic E-state index is 14.5. The molecule has 1 unspecified atom stereocenters. The lowest BCUT2D eigenvalue weighted by Crippen LogP contribution is -2.52. The van der Waals surface area contributed by atoms with Gasteiger partial charge in [-0.3, -0.25) is 19.7 Å². The van der Waals surface area contributed by atoms with Gasteiger partial charge in [-0.1, -0.05) is 0 Å². The molecule has 27 heavy (non-hydrogen) atoms. The van der Waals surface area contributed by atoms with Gasteiger partial charge in [-0.05, 0) is 31.4 Å². The molecule has 3 fully saturated rings. The minimum atomic E-state index is -0.728. The summed E-state index contributed by atoms with van der Waals surface area (Å²) in [4.78, 5) is 40.2. The highest BCUT2D eigenvalue weighted by Crippen LogP contribution is 2.37. The Kier molecular flexibility index (Phi) is 3.72. The second-order valence-electron chi connectivity index (χ2n) is 7.86. The zero-order valence-corrected chi connectivity index (χ0v) is 14.8. The highest BCUT2D eigenvalue weighted by atomic mass is 19.1. The molecule has 2 N–H and O–H groups in total. The standard InChI is InChI=1S/C19H21FN4O3/c20-13-3-4-14(23-7-10-1-2-11(8-23)21-10)12-9-24(19(27)17(12)13)15-5-6-16(25)22-18(15)26/h3-4,10-11,15,21H,1-2,5-9H2,(H,22,25,26)/t10-,11+,15?. The van der Waals surface area contributed by atoms with E-state index in [0.29, 0.717) is 17.6 Å². The van der Waals surface area contributed by atoms with E-state index in [4.69, 9.17) is 0 Å². The number of halogens is 1. The van der Waals surface area contributed by atoms with Gasteiger partial charge in [0.25, 0.3) is 5.91 Å². The first kappa shape index (κ1) is 16.7. The number of carbonyl (C=O) groups excluding carboxylic acids is 3. The van der Waals surface area contributed by atoms with Crippen molar-refractivity contribution < 1.29 is 18.8 Å². The molecule has 0 radical (unpaired) electrons. The van der Waals surface area contributed by atoms with Crippen LogP contribution in [0.2, 0.25) is 0 Å². The third-order valence-electron chi connectivity index (χ3n) is 6.18. The number of fused-ring (bicyclic) bond motifs is 3. The second-order valence-corrected chi connectivity index (χ2v) is 7.86. The molecule has 4 heterocycles. The number of amides is 3. The minimum absolute atomic E-state index is 0.0723. The van der Waals surface area contributed by atoms with E-state index in [1.807, 2.05) is 0 Å². The van der Waals surface area contributed by atoms with Crippen LogP contribution in [0, 0.1) is 5.82 Å². The Hall–Kier alpha value is -2.48. The van der Waals surface area contributed by atoms with Crippen molar-refractivity contribution in [2.75, 3.05) is 18.0 Å². The number of rotatable bonds is 2. The van der Waals surface area contributed by atoms with E-state index in [-0.39, 0.29) is 30.9 Å². The van der Waals surface area contributed by atoms with E-state index in [9.17, 15) is 18.8 Å². The van der Waals surface area contributed by atoms with Crippen LogP contribution in [-0.2, 0) is 16.1 Å². The molecular weight excluding hydrogens is 351 g/mol. The number of piperazine rings is 1. The van der Waals surface area contributed by atoms with Gasteiger partial charge in [-0.25, -0.2) is 4.39 Å². The lowest BCUT2D eigenvalue weighted by molar-refractivity contribution is -0.136. The van der Waals surface area contributed by atoms with E-state index in [0.717, 1.165) is 31.6 Å². The number of hydrogen-bond donors (Lipinski definition) is 2. The first-order valence-corrected chi connectivity index (χ1v) is 9.48. The van der Waals surface area contributed by atoms with Crippen LogP contribution < -0.4 is 15.5 Å². The van der Waals surface area contributed by atoms with Gasteiger partial charge in [0.1, 0.15) is 11.9 Å². The largest absolute Gasteiger partial charge is 0.368 e. The molecule has 142 valence electrons. The van der Waals surface area contributed by atoms with E-state index in [2.05, 4.69) is 15.5 Å². The van der Waals surface area contributed by atoms with Crippen molar-refractivity contribution in [2.45, 2.75) is 50.4 Å². The van der Waals surface area contributed by atoms with Gasteiger partial charge >= 0.3 is 0 Å². The Labute approximate surface area is 155 Å². The topological polar surface area (TPSA) is 81.8 Å². The minimum Gasteiger partial charge on any atom is -0.368 e. The van der Waals surface area contributed by atoms with Crippen molar-refractivity contribution in [1.29, 1.82) is 0 Å². The second kappa shape index (κ2) is 6.02. The molecule has 1 aromatic rings. The summed E-state index contributed by atoms with van der Waals surface area (Å²) < 4.78 is 14.5. The van der Waals surface area contributed by atoms with Crippen LogP contribution in [0.15, 0.2) is 12.1 Å². The summed E-state index contributed by atoms with van der Waals surface area (Å²) in [6.45, 7) is 1.87. The van der Waals surface area contributed by atoms with Crippen molar-refractivity contribution in [3.63, 3.8) is 0 Å². The number of imide groups is 1. The summed E-state index contributed by atoms with van der Waals surface area (Å²) in [6, 6.07) is 3.22. The number of carbonyl (C=O) groups is 3. The van der Waals surface area contributed by atoms with Crippen LogP contribution in [0.4, 0.5) is 10.1 Å². The predicted octanol–water partition coefficient (Wildman–Crippen LogP) is 0.527. The molecule has 3 saturated heterocycles. The molecule has 0 aromatic heterocycles. The Balaban J connectivity index is 1.47. The van der Waals surface area contributed by atoms with Crippen LogP contribution in [0.1, 0.15) is 41.6 Å². The number of anilines is 1. The third-order valence-corrected chi connectivity index (χ3v) is 6.18. The van der Waals surface area contributed by atoms with Gasteiger partial charge < -0.3 is 15.1 Å². The molecule has 5 rings (SSSR count). The normalized spacial score (nSPS) is 30.0. The van der Waals surface area contributed by atoms with E-state index in [1.165, 1.54) is 11.0 Å². The zero-order valence-electron chi connectivity index (χ0n) is 14.8. The van der Waals surface area contributed by atoms with Crippen molar-refractivity contribution in [2.24, 2.45) is 0 Å². The first-order chi connectivity index (χ1) is 13.0. The summed E-state index contributed by atoms with van der Waals surface area (Å²) in [5, 5.41) is 5.85. The lowest BCUT2D eigenvalue weighted by Gasteiger charge is -2.36. The molecule has 0 aliphatic carbocycles. The van der Waals surface area contributed by atoms with Gasteiger partial charge in [0.15, 0.2) is 0 Å². The van der Waals surface area contributed by atoms with Crippen LogP contribution in [0.5, 0.6) is 0 Å². The number of nitrogens with zero attached hydrogens (tertiary/aromatic N) is 2. The fraction of sp³-hybridized carbons (Fsp3) is 0.526. The van der Waals surface area contributed by atoms with Gasteiger partial charge in [0.05, 0.1) is 5.56 Å². The molecule has 8 heteroatoms. The van der Waals surface area contributed by atoms with Crippen LogP contribution in [0.25, 0.3) is 0 Å². The van der Waals surface area contributed by atoms with Crippen LogP contribution >= 0.6 is 0 Å². The monoisotopic (exact) mass is 372 g/mol. The van der Waals surface area contributed by atoms with Gasteiger partial charge in [-0.15, -0.1) is 0 Å².